The van der Waals surface area contributed by atoms with E-state index in [9.17, 15) is 22.8 Å². The van der Waals surface area contributed by atoms with Crippen LogP contribution < -0.4 is 4.74 Å². The number of halogens is 3. The first-order valence-corrected chi connectivity index (χ1v) is 10.5. The van der Waals surface area contributed by atoms with Crippen molar-refractivity contribution < 1.29 is 27.5 Å². The van der Waals surface area contributed by atoms with Crippen LogP contribution in [0.25, 0.3) is 6.08 Å². The van der Waals surface area contributed by atoms with Crippen LogP contribution in [0.3, 0.4) is 0 Å². The average Bonchev–Trinajstić information content (AvgIpc) is 2.95. The van der Waals surface area contributed by atoms with Gasteiger partial charge in [-0.25, -0.2) is 0 Å². The minimum absolute atomic E-state index is 0.00833. The molecule has 31 heavy (non-hydrogen) atoms. The third kappa shape index (κ3) is 5.31. The molecule has 2 aromatic carbocycles. The molecule has 0 aromatic heterocycles. The fraction of sp³-hybridized carbons (Fsp3) is 0.304. The molecule has 1 aliphatic heterocycles. The molecule has 1 saturated heterocycles. The molecule has 2 aromatic rings. The normalized spacial score (nSPS) is 16.0. The quantitative estimate of drug-likeness (QED) is 0.489. The largest absolute Gasteiger partial charge is 0.491 e. The smallest absolute Gasteiger partial charge is 0.416 e. The first kappa shape index (κ1) is 22.9. The van der Waals surface area contributed by atoms with Crippen LogP contribution in [0.4, 0.5) is 18.0 Å². The van der Waals surface area contributed by atoms with Gasteiger partial charge in [-0.3, -0.25) is 14.5 Å². The van der Waals surface area contributed by atoms with Gasteiger partial charge in [0.2, 0.25) is 0 Å². The van der Waals surface area contributed by atoms with Crippen LogP contribution in [0.15, 0.2) is 47.4 Å². The Hall–Kier alpha value is -2.74. The van der Waals surface area contributed by atoms with Gasteiger partial charge in [0, 0.05) is 0 Å². The third-order valence-corrected chi connectivity index (χ3v) is 5.70. The number of hydrogen-bond donors (Lipinski definition) is 0. The second-order valence-corrected chi connectivity index (χ2v) is 8.46. The second kappa shape index (κ2) is 9.18. The van der Waals surface area contributed by atoms with Crippen LogP contribution in [0.1, 0.15) is 42.0 Å². The summed E-state index contributed by atoms with van der Waals surface area (Å²) in [6.45, 7) is 6.12. The minimum Gasteiger partial charge on any atom is -0.491 e. The van der Waals surface area contributed by atoms with E-state index < -0.39 is 22.9 Å². The van der Waals surface area contributed by atoms with Crippen LogP contribution in [0.2, 0.25) is 0 Å². The first-order valence-electron chi connectivity index (χ1n) is 9.73. The summed E-state index contributed by atoms with van der Waals surface area (Å²) in [6, 6.07) is 10.8. The molecule has 8 heteroatoms. The van der Waals surface area contributed by atoms with E-state index in [2.05, 4.69) is 0 Å². The number of rotatable bonds is 6. The summed E-state index contributed by atoms with van der Waals surface area (Å²) in [5, 5.41) is -0.530. The molecule has 0 unspecified atom stereocenters. The Labute approximate surface area is 183 Å². The number of ether oxygens (including phenoxy) is 1. The van der Waals surface area contributed by atoms with Gasteiger partial charge in [0.15, 0.2) is 0 Å². The van der Waals surface area contributed by atoms with Crippen LogP contribution in [0, 0.1) is 6.92 Å². The Bertz CT molecular complexity index is 1030. The number of benzene rings is 2. The summed E-state index contributed by atoms with van der Waals surface area (Å²) >= 11 is 0.628. The SMILES string of the molecule is Cc1ccc(C(C)C)c(OCCN2C(=O)S/C(=C\c3ccccc3C(F)(F)F)C2=O)c1. The van der Waals surface area contributed by atoms with Crippen molar-refractivity contribution in [3.05, 3.63) is 69.6 Å². The Balaban J connectivity index is 1.73. The van der Waals surface area contributed by atoms with Crippen molar-refractivity contribution in [3.63, 3.8) is 0 Å². The first-order chi connectivity index (χ1) is 14.6. The third-order valence-electron chi connectivity index (χ3n) is 4.79. The lowest BCUT2D eigenvalue weighted by atomic mass is 10.0. The highest BCUT2D eigenvalue weighted by Gasteiger charge is 2.37. The predicted molar refractivity (Wildman–Crippen MR) is 115 cm³/mol. The van der Waals surface area contributed by atoms with Crippen molar-refractivity contribution in [2.45, 2.75) is 32.9 Å². The van der Waals surface area contributed by atoms with Gasteiger partial charge in [0.1, 0.15) is 12.4 Å². The predicted octanol–water partition coefficient (Wildman–Crippen LogP) is 6.25. The molecular formula is C23H22F3NO3S. The van der Waals surface area contributed by atoms with E-state index in [0.717, 1.165) is 28.2 Å². The fourth-order valence-electron chi connectivity index (χ4n) is 3.21. The zero-order chi connectivity index (χ0) is 22.8. The lowest BCUT2D eigenvalue weighted by Gasteiger charge is -2.17. The van der Waals surface area contributed by atoms with Gasteiger partial charge in [-0.1, -0.05) is 44.2 Å². The van der Waals surface area contributed by atoms with Gasteiger partial charge in [-0.05, 0) is 59.5 Å². The maximum Gasteiger partial charge on any atom is 0.416 e. The van der Waals surface area contributed by atoms with Crippen LogP contribution >= 0.6 is 11.8 Å². The summed E-state index contributed by atoms with van der Waals surface area (Å²) < 4.78 is 45.4. The highest BCUT2D eigenvalue weighted by Crippen LogP contribution is 2.37. The maximum absolute atomic E-state index is 13.2. The van der Waals surface area contributed by atoms with Crippen LogP contribution in [-0.2, 0) is 11.0 Å². The van der Waals surface area contributed by atoms with Gasteiger partial charge in [0.25, 0.3) is 11.1 Å². The van der Waals surface area contributed by atoms with Crippen molar-refractivity contribution in [3.8, 4) is 5.75 Å². The minimum atomic E-state index is -4.56. The lowest BCUT2D eigenvalue weighted by molar-refractivity contribution is -0.137. The van der Waals surface area contributed by atoms with Crippen molar-refractivity contribution in [2.75, 3.05) is 13.2 Å². The average molecular weight is 449 g/mol. The number of carbonyl (C=O) groups is 2. The number of amides is 2. The van der Waals surface area contributed by atoms with E-state index in [0.29, 0.717) is 17.5 Å². The molecule has 0 saturated carbocycles. The topological polar surface area (TPSA) is 46.6 Å². The summed E-state index contributed by atoms with van der Waals surface area (Å²) in [7, 11) is 0. The summed E-state index contributed by atoms with van der Waals surface area (Å²) in [6.07, 6.45) is -3.44. The number of alkyl halides is 3. The molecule has 1 aliphatic rings. The van der Waals surface area contributed by atoms with Crippen molar-refractivity contribution >= 4 is 29.0 Å². The molecule has 164 valence electrons. The zero-order valence-electron chi connectivity index (χ0n) is 17.3. The van der Waals surface area contributed by atoms with Crippen LogP contribution in [-0.4, -0.2) is 29.2 Å². The molecule has 3 rings (SSSR count). The highest BCUT2D eigenvalue weighted by molar-refractivity contribution is 8.18. The maximum atomic E-state index is 13.2. The highest BCUT2D eigenvalue weighted by atomic mass is 32.2. The number of carbonyl (C=O) groups excluding carboxylic acids is 2. The van der Waals surface area contributed by atoms with E-state index in [1.807, 2.05) is 39.0 Å². The molecule has 0 bridgehead atoms. The van der Waals surface area contributed by atoms with Gasteiger partial charge < -0.3 is 4.74 Å². The molecule has 0 radical (unpaired) electrons. The molecule has 0 atom stereocenters. The summed E-state index contributed by atoms with van der Waals surface area (Å²) in [4.78, 5) is 25.9. The molecule has 0 spiro atoms. The van der Waals surface area contributed by atoms with Crippen molar-refractivity contribution in [1.29, 1.82) is 0 Å². The van der Waals surface area contributed by atoms with E-state index >= 15 is 0 Å². The summed E-state index contributed by atoms with van der Waals surface area (Å²) in [5.41, 5.74) is 1.03. The zero-order valence-corrected chi connectivity index (χ0v) is 18.1. The second-order valence-electron chi connectivity index (χ2n) is 7.46. The number of aryl methyl sites for hydroxylation is 1. The Morgan fingerprint density at radius 1 is 1.13 bits per heavy atom. The van der Waals surface area contributed by atoms with Gasteiger partial charge in [-0.2, -0.15) is 13.2 Å². The number of imide groups is 1. The molecule has 4 nitrogen and oxygen atoms in total. The Kier molecular flexibility index (Phi) is 6.79. The Morgan fingerprint density at radius 3 is 2.52 bits per heavy atom. The van der Waals surface area contributed by atoms with Crippen molar-refractivity contribution in [2.24, 2.45) is 0 Å². The number of hydrogen-bond acceptors (Lipinski definition) is 4. The number of thioether (sulfide) groups is 1. The van der Waals surface area contributed by atoms with Crippen LogP contribution in [0.5, 0.6) is 5.75 Å². The van der Waals surface area contributed by atoms with Crippen molar-refractivity contribution in [1.82, 2.24) is 4.90 Å². The Morgan fingerprint density at radius 2 is 1.84 bits per heavy atom. The van der Waals surface area contributed by atoms with E-state index in [-0.39, 0.29) is 29.5 Å². The molecule has 0 N–H and O–H groups in total. The molecule has 2 amide bonds. The molecule has 1 heterocycles. The molecular weight excluding hydrogens is 427 g/mol. The lowest BCUT2D eigenvalue weighted by Crippen LogP contribution is -2.32. The van der Waals surface area contributed by atoms with Gasteiger partial charge in [-0.15, -0.1) is 0 Å². The van der Waals surface area contributed by atoms with Gasteiger partial charge in [0.05, 0.1) is 17.0 Å². The fourth-order valence-corrected chi connectivity index (χ4v) is 4.06. The standard InChI is InChI=1S/C23H22F3NO3S/c1-14(2)17-9-8-15(3)12-19(17)30-11-10-27-21(28)20(31-22(27)29)13-16-6-4-5-7-18(16)23(24,25)26/h4-9,12-14H,10-11H2,1-3H3/b20-13-. The monoisotopic (exact) mass is 449 g/mol. The molecule has 1 fully saturated rings. The van der Waals surface area contributed by atoms with Gasteiger partial charge >= 0.3 is 6.18 Å². The van der Waals surface area contributed by atoms with E-state index in [1.54, 1.807) is 0 Å². The van der Waals surface area contributed by atoms with E-state index in [4.69, 9.17) is 4.74 Å². The number of nitrogens with zero attached hydrogens (tertiary/aromatic N) is 1. The van der Waals surface area contributed by atoms with E-state index in [1.165, 1.54) is 18.2 Å². The molecule has 0 aliphatic carbocycles. The summed E-state index contributed by atoms with van der Waals surface area (Å²) in [5.74, 6) is 0.310.